The Kier molecular flexibility index (Phi) is 5.88. The number of benzene rings is 2. The van der Waals surface area contributed by atoms with Crippen molar-refractivity contribution in [3.05, 3.63) is 57.6 Å². The SMILES string of the molecule is CCOc1cc(C=C2C(=O)NC(=S)N(c3ccc(Cl)cc3Cl)C2=O)ccc1O. The van der Waals surface area contributed by atoms with E-state index < -0.39 is 11.8 Å². The number of ether oxygens (including phenoxy) is 1. The molecule has 0 spiro atoms. The van der Waals surface area contributed by atoms with Gasteiger partial charge in [-0.1, -0.05) is 29.3 Å². The number of thiocarbonyl (C=S) groups is 1. The lowest BCUT2D eigenvalue weighted by molar-refractivity contribution is -0.122. The fourth-order valence-electron chi connectivity index (χ4n) is 2.60. The Hall–Kier alpha value is -2.61. The average molecular weight is 437 g/mol. The molecule has 2 N–H and O–H groups in total. The Bertz CT molecular complexity index is 1020. The second-order valence-electron chi connectivity index (χ2n) is 5.71. The third-order valence-electron chi connectivity index (χ3n) is 3.85. The number of nitrogens with one attached hydrogen (secondary N) is 1. The van der Waals surface area contributed by atoms with Gasteiger partial charge in [0.25, 0.3) is 11.8 Å². The van der Waals surface area contributed by atoms with Crippen LogP contribution in [0.3, 0.4) is 0 Å². The molecule has 3 rings (SSSR count). The lowest BCUT2D eigenvalue weighted by Gasteiger charge is -2.29. The molecule has 1 fully saturated rings. The molecule has 6 nitrogen and oxygen atoms in total. The summed E-state index contributed by atoms with van der Waals surface area (Å²) < 4.78 is 5.33. The van der Waals surface area contributed by atoms with Gasteiger partial charge in [-0.2, -0.15) is 0 Å². The summed E-state index contributed by atoms with van der Waals surface area (Å²) in [6, 6.07) is 9.07. The second kappa shape index (κ2) is 8.18. The number of aromatic hydroxyl groups is 1. The third kappa shape index (κ3) is 3.96. The quantitative estimate of drug-likeness (QED) is 0.431. The molecule has 2 amide bonds. The van der Waals surface area contributed by atoms with Crippen LogP contribution in [-0.4, -0.2) is 28.6 Å². The topological polar surface area (TPSA) is 78.9 Å². The lowest BCUT2D eigenvalue weighted by Crippen LogP contribution is -2.54. The zero-order valence-corrected chi connectivity index (χ0v) is 16.9. The first-order valence-corrected chi connectivity index (χ1v) is 9.30. The van der Waals surface area contributed by atoms with Crippen LogP contribution in [-0.2, 0) is 9.59 Å². The van der Waals surface area contributed by atoms with Crippen LogP contribution in [0.2, 0.25) is 10.0 Å². The number of hydrogen-bond acceptors (Lipinski definition) is 5. The maximum absolute atomic E-state index is 13.0. The predicted molar refractivity (Wildman–Crippen MR) is 112 cm³/mol. The van der Waals surface area contributed by atoms with E-state index in [1.165, 1.54) is 30.3 Å². The van der Waals surface area contributed by atoms with Crippen molar-refractivity contribution in [1.82, 2.24) is 5.32 Å². The highest BCUT2D eigenvalue weighted by Crippen LogP contribution is 2.32. The van der Waals surface area contributed by atoms with Gasteiger partial charge in [-0.25, -0.2) is 0 Å². The van der Waals surface area contributed by atoms with Gasteiger partial charge in [0.1, 0.15) is 5.57 Å². The number of nitrogens with zero attached hydrogens (tertiary/aromatic N) is 1. The first-order chi connectivity index (χ1) is 13.3. The highest BCUT2D eigenvalue weighted by molar-refractivity contribution is 7.80. The fraction of sp³-hybridized carbons (Fsp3) is 0.105. The summed E-state index contributed by atoms with van der Waals surface area (Å²) in [5, 5.41) is 12.8. The van der Waals surface area contributed by atoms with E-state index >= 15 is 0 Å². The highest BCUT2D eigenvalue weighted by atomic mass is 35.5. The van der Waals surface area contributed by atoms with E-state index in [0.29, 0.717) is 22.9 Å². The normalized spacial score (nSPS) is 15.8. The van der Waals surface area contributed by atoms with Crippen LogP contribution in [0.4, 0.5) is 5.69 Å². The van der Waals surface area contributed by atoms with Crippen molar-refractivity contribution in [2.24, 2.45) is 0 Å². The zero-order valence-electron chi connectivity index (χ0n) is 14.5. The maximum atomic E-state index is 13.0. The average Bonchev–Trinajstić information content (AvgIpc) is 2.63. The minimum absolute atomic E-state index is 0.0424. The zero-order chi connectivity index (χ0) is 20.4. The summed E-state index contributed by atoms with van der Waals surface area (Å²) in [6.07, 6.45) is 1.39. The number of carbonyl (C=O) groups excluding carboxylic acids is 2. The van der Waals surface area contributed by atoms with Gasteiger partial charge in [0.15, 0.2) is 16.6 Å². The standard InChI is InChI=1S/C19H14Cl2N2O4S/c1-2-27-16-8-10(3-6-15(16)24)7-12-17(25)22-19(28)23(18(12)26)14-5-4-11(20)9-13(14)21/h3-9,24H,2H2,1H3,(H,22,25,28). The second-order valence-corrected chi connectivity index (χ2v) is 6.94. The van der Waals surface area contributed by atoms with Crippen LogP contribution in [0.25, 0.3) is 6.08 Å². The Morgan fingerprint density at radius 2 is 1.96 bits per heavy atom. The van der Waals surface area contributed by atoms with Gasteiger partial charge in [0.05, 0.1) is 17.3 Å². The summed E-state index contributed by atoms with van der Waals surface area (Å²) in [5.41, 5.74) is 0.648. The summed E-state index contributed by atoms with van der Waals surface area (Å²) in [7, 11) is 0. The van der Waals surface area contributed by atoms with Crippen molar-refractivity contribution in [2.75, 3.05) is 11.5 Å². The highest BCUT2D eigenvalue weighted by Gasteiger charge is 2.35. The molecule has 0 saturated carbocycles. The van der Waals surface area contributed by atoms with Gasteiger partial charge in [-0.15, -0.1) is 0 Å². The number of halogens is 2. The van der Waals surface area contributed by atoms with E-state index in [9.17, 15) is 14.7 Å². The molecule has 1 aliphatic heterocycles. The minimum atomic E-state index is -0.637. The van der Waals surface area contributed by atoms with Gasteiger partial charge in [-0.05, 0) is 61.1 Å². The number of anilines is 1. The molecule has 2 aromatic rings. The first kappa shape index (κ1) is 20.1. The molecule has 0 aliphatic carbocycles. The summed E-state index contributed by atoms with van der Waals surface area (Å²) in [5.74, 6) is -1.07. The smallest absolute Gasteiger partial charge is 0.270 e. The minimum Gasteiger partial charge on any atom is -0.504 e. The number of carbonyl (C=O) groups is 2. The lowest BCUT2D eigenvalue weighted by atomic mass is 10.1. The summed E-state index contributed by atoms with van der Waals surface area (Å²) in [4.78, 5) is 26.5. The number of amides is 2. The van der Waals surface area contributed by atoms with Crippen molar-refractivity contribution in [2.45, 2.75) is 6.92 Å². The van der Waals surface area contributed by atoms with E-state index in [-0.39, 0.29) is 27.2 Å². The number of rotatable bonds is 4. The van der Waals surface area contributed by atoms with Gasteiger partial charge >= 0.3 is 0 Å². The van der Waals surface area contributed by atoms with Crippen LogP contribution < -0.4 is 15.0 Å². The van der Waals surface area contributed by atoms with E-state index in [1.54, 1.807) is 19.1 Å². The Balaban J connectivity index is 2.02. The Morgan fingerprint density at radius 3 is 2.64 bits per heavy atom. The van der Waals surface area contributed by atoms with Crippen LogP contribution >= 0.6 is 35.4 Å². The van der Waals surface area contributed by atoms with Gasteiger partial charge < -0.3 is 9.84 Å². The number of hydrogen-bond donors (Lipinski definition) is 2. The monoisotopic (exact) mass is 436 g/mol. The first-order valence-electron chi connectivity index (χ1n) is 8.14. The molecule has 1 heterocycles. The number of phenolic OH excluding ortho intramolecular Hbond substituents is 1. The van der Waals surface area contributed by atoms with E-state index in [1.807, 2.05) is 0 Å². The molecule has 144 valence electrons. The molecular weight excluding hydrogens is 423 g/mol. The van der Waals surface area contributed by atoms with Gasteiger partial charge in [-0.3, -0.25) is 19.8 Å². The number of phenols is 1. The van der Waals surface area contributed by atoms with Gasteiger partial charge in [0, 0.05) is 5.02 Å². The molecule has 0 aromatic heterocycles. The molecule has 0 unspecified atom stereocenters. The fourth-order valence-corrected chi connectivity index (χ4v) is 3.36. The molecule has 0 atom stereocenters. The van der Waals surface area contributed by atoms with Crippen molar-refractivity contribution in [3.63, 3.8) is 0 Å². The van der Waals surface area contributed by atoms with E-state index in [4.69, 9.17) is 40.2 Å². The van der Waals surface area contributed by atoms with Crippen LogP contribution in [0.15, 0.2) is 42.0 Å². The van der Waals surface area contributed by atoms with E-state index in [2.05, 4.69) is 5.32 Å². The molecule has 1 saturated heterocycles. The largest absolute Gasteiger partial charge is 0.504 e. The molecule has 28 heavy (non-hydrogen) atoms. The Morgan fingerprint density at radius 1 is 1.21 bits per heavy atom. The van der Waals surface area contributed by atoms with Crippen molar-refractivity contribution >= 4 is 64.1 Å². The van der Waals surface area contributed by atoms with Crippen molar-refractivity contribution in [1.29, 1.82) is 0 Å². The summed E-state index contributed by atoms with van der Waals surface area (Å²) in [6.45, 7) is 2.13. The van der Waals surface area contributed by atoms with Gasteiger partial charge in [0.2, 0.25) is 0 Å². The van der Waals surface area contributed by atoms with E-state index in [0.717, 1.165) is 4.90 Å². The molecule has 1 aliphatic rings. The van der Waals surface area contributed by atoms with Crippen LogP contribution in [0.1, 0.15) is 12.5 Å². The van der Waals surface area contributed by atoms with Crippen molar-refractivity contribution < 1.29 is 19.4 Å². The third-order valence-corrected chi connectivity index (χ3v) is 4.67. The molecule has 0 radical (unpaired) electrons. The molecular formula is C19H14Cl2N2O4S. The molecule has 9 heteroatoms. The Labute approximate surface area is 176 Å². The van der Waals surface area contributed by atoms with Crippen molar-refractivity contribution in [3.8, 4) is 11.5 Å². The van der Waals surface area contributed by atoms with Crippen LogP contribution in [0, 0.1) is 0 Å². The van der Waals surface area contributed by atoms with Crippen LogP contribution in [0.5, 0.6) is 11.5 Å². The molecule has 2 aromatic carbocycles. The molecule has 0 bridgehead atoms. The maximum Gasteiger partial charge on any atom is 0.270 e. The summed E-state index contributed by atoms with van der Waals surface area (Å²) >= 11 is 17.3. The predicted octanol–water partition coefficient (Wildman–Crippen LogP) is 3.93.